The van der Waals surface area contributed by atoms with E-state index >= 15 is 0 Å². The number of benzene rings is 2. The number of carbonyl (C=O) groups is 2. The maximum Gasteiger partial charge on any atom is 0.293 e. The molecule has 0 aliphatic carbocycles. The van der Waals surface area contributed by atoms with Gasteiger partial charge < -0.3 is 9.47 Å². The summed E-state index contributed by atoms with van der Waals surface area (Å²) in [7, 11) is 0. The third-order valence-corrected chi connectivity index (χ3v) is 5.19. The lowest BCUT2D eigenvalue weighted by atomic mass is 10.2. The van der Waals surface area contributed by atoms with Crippen LogP contribution in [-0.4, -0.2) is 35.8 Å². The van der Waals surface area contributed by atoms with Crippen molar-refractivity contribution in [3.63, 3.8) is 0 Å². The maximum absolute atomic E-state index is 12.6. The largest absolute Gasteiger partial charge is 0.493 e. The smallest absolute Gasteiger partial charge is 0.293 e. The Bertz CT molecular complexity index is 894. The zero-order chi connectivity index (χ0) is 20.8. The molecule has 0 bridgehead atoms. The Morgan fingerprint density at radius 3 is 2.28 bits per heavy atom. The molecule has 0 saturated carbocycles. The van der Waals surface area contributed by atoms with Gasteiger partial charge in [-0.25, -0.2) is 0 Å². The standard InChI is InChI=1S/C22H22ClNO4S/c1-15(2)14-28-19-7-3-16(4-8-19)13-20-21(25)24(22(26)29-20)11-12-27-18-9-5-17(23)6-10-18/h3-10,13,15H,11-12,14H2,1-2H3/b20-13-. The minimum Gasteiger partial charge on any atom is -0.493 e. The third kappa shape index (κ3) is 6.02. The molecule has 152 valence electrons. The first-order chi connectivity index (χ1) is 13.9. The Morgan fingerprint density at radius 1 is 1.00 bits per heavy atom. The Labute approximate surface area is 179 Å². The average Bonchev–Trinajstić information content (AvgIpc) is 2.96. The summed E-state index contributed by atoms with van der Waals surface area (Å²) in [4.78, 5) is 26.4. The van der Waals surface area contributed by atoms with Crippen LogP contribution in [-0.2, 0) is 4.79 Å². The van der Waals surface area contributed by atoms with Crippen molar-refractivity contribution in [2.24, 2.45) is 5.92 Å². The number of carbonyl (C=O) groups excluding carboxylic acids is 2. The van der Waals surface area contributed by atoms with Gasteiger partial charge in [0.15, 0.2) is 0 Å². The molecular formula is C22H22ClNO4S. The van der Waals surface area contributed by atoms with Crippen LogP contribution in [0.2, 0.25) is 5.02 Å². The Hall–Kier alpha value is -2.44. The molecule has 0 spiro atoms. The van der Waals surface area contributed by atoms with E-state index in [-0.39, 0.29) is 24.3 Å². The summed E-state index contributed by atoms with van der Waals surface area (Å²) >= 11 is 6.78. The zero-order valence-corrected chi connectivity index (χ0v) is 17.8. The molecule has 3 rings (SSSR count). The SMILES string of the molecule is CC(C)COc1ccc(/C=C2\SC(=O)N(CCOc3ccc(Cl)cc3)C2=O)cc1. The fourth-order valence-electron chi connectivity index (χ4n) is 2.55. The van der Waals surface area contributed by atoms with Gasteiger partial charge in [0.2, 0.25) is 0 Å². The number of amides is 2. The van der Waals surface area contributed by atoms with E-state index in [4.69, 9.17) is 21.1 Å². The van der Waals surface area contributed by atoms with Crippen LogP contribution in [0.4, 0.5) is 4.79 Å². The Morgan fingerprint density at radius 2 is 1.62 bits per heavy atom. The molecule has 1 aliphatic rings. The molecule has 2 aromatic carbocycles. The number of hydrogen-bond donors (Lipinski definition) is 0. The summed E-state index contributed by atoms with van der Waals surface area (Å²) in [6.07, 6.45) is 1.72. The lowest BCUT2D eigenvalue weighted by Crippen LogP contribution is -2.32. The molecule has 7 heteroatoms. The monoisotopic (exact) mass is 431 g/mol. The van der Waals surface area contributed by atoms with Gasteiger partial charge in [0.1, 0.15) is 18.1 Å². The van der Waals surface area contributed by atoms with Crippen molar-refractivity contribution < 1.29 is 19.1 Å². The van der Waals surface area contributed by atoms with Gasteiger partial charge >= 0.3 is 0 Å². The number of nitrogens with zero attached hydrogens (tertiary/aromatic N) is 1. The van der Waals surface area contributed by atoms with Crippen LogP contribution in [0, 0.1) is 5.92 Å². The van der Waals surface area contributed by atoms with Crippen LogP contribution >= 0.6 is 23.4 Å². The molecule has 0 unspecified atom stereocenters. The first-order valence-corrected chi connectivity index (χ1v) is 10.5. The molecule has 29 heavy (non-hydrogen) atoms. The number of halogens is 1. The first kappa shape index (κ1) is 21.3. The van der Waals surface area contributed by atoms with E-state index in [2.05, 4.69) is 13.8 Å². The lowest BCUT2D eigenvalue weighted by Gasteiger charge is -2.13. The molecule has 0 N–H and O–H groups in total. The number of ether oxygens (including phenoxy) is 2. The van der Waals surface area contributed by atoms with Crippen molar-refractivity contribution in [1.82, 2.24) is 4.90 Å². The minimum atomic E-state index is -0.306. The number of imide groups is 1. The van der Waals surface area contributed by atoms with E-state index in [1.165, 1.54) is 4.90 Å². The van der Waals surface area contributed by atoms with Crippen molar-refractivity contribution in [1.29, 1.82) is 0 Å². The van der Waals surface area contributed by atoms with Crippen LogP contribution < -0.4 is 9.47 Å². The fraction of sp³-hybridized carbons (Fsp3) is 0.273. The normalized spacial score (nSPS) is 15.4. The third-order valence-electron chi connectivity index (χ3n) is 4.03. The van der Waals surface area contributed by atoms with Gasteiger partial charge in [0, 0.05) is 5.02 Å². The van der Waals surface area contributed by atoms with Gasteiger partial charge in [-0.2, -0.15) is 0 Å². The average molecular weight is 432 g/mol. The molecule has 2 aromatic rings. The molecule has 5 nitrogen and oxygen atoms in total. The van der Waals surface area contributed by atoms with E-state index in [1.54, 1.807) is 30.3 Å². The molecule has 1 fully saturated rings. The number of thioether (sulfide) groups is 1. The highest BCUT2D eigenvalue weighted by atomic mass is 35.5. The predicted molar refractivity (Wildman–Crippen MR) is 116 cm³/mol. The number of hydrogen-bond acceptors (Lipinski definition) is 5. The van der Waals surface area contributed by atoms with Crippen molar-refractivity contribution >= 4 is 40.6 Å². The molecule has 2 amide bonds. The Kier molecular flexibility index (Phi) is 7.23. The summed E-state index contributed by atoms with van der Waals surface area (Å²) in [5.74, 6) is 1.56. The predicted octanol–water partition coefficient (Wildman–Crippen LogP) is 5.49. The van der Waals surface area contributed by atoms with E-state index in [1.807, 2.05) is 24.3 Å². The van der Waals surface area contributed by atoms with Crippen LogP contribution in [0.25, 0.3) is 6.08 Å². The number of rotatable bonds is 8. The van der Waals surface area contributed by atoms with E-state index < -0.39 is 0 Å². The van der Waals surface area contributed by atoms with E-state index in [0.29, 0.717) is 28.2 Å². The molecular weight excluding hydrogens is 410 g/mol. The minimum absolute atomic E-state index is 0.187. The van der Waals surface area contributed by atoms with Crippen LogP contribution in [0.5, 0.6) is 11.5 Å². The van der Waals surface area contributed by atoms with Gasteiger partial charge in [0.25, 0.3) is 11.1 Å². The second-order valence-corrected chi connectivity index (χ2v) is 8.34. The van der Waals surface area contributed by atoms with E-state index in [9.17, 15) is 9.59 Å². The maximum atomic E-state index is 12.6. The van der Waals surface area contributed by atoms with Gasteiger partial charge in [-0.3, -0.25) is 14.5 Å². The highest BCUT2D eigenvalue weighted by Crippen LogP contribution is 2.32. The summed E-state index contributed by atoms with van der Waals surface area (Å²) in [5, 5.41) is 0.325. The van der Waals surface area contributed by atoms with Gasteiger partial charge in [-0.1, -0.05) is 37.6 Å². The molecule has 0 aromatic heterocycles. The fourth-order valence-corrected chi connectivity index (χ4v) is 3.54. The van der Waals surface area contributed by atoms with E-state index in [0.717, 1.165) is 23.1 Å². The van der Waals surface area contributed by atoms with Crippen molar-refractivity contribution in [3.05, 3.63) is 64.0 Å². The summed E-state index contributed by atoms with van der Waals surface area (Å²) < 4.78 is 11.2. The first-order valence-electron chi connectivity index (χ1n) is 9.29. The summed E-state index contributed by atoms with van der Waals surface area (Å²) in [5.41, 5.74) is 0.838. The van der Waals surface area contributed by atoms with Crippen LogP contribution in [0.15, 0.2) is 53.4 Å². The van der Waals surface area contributed by atoms with Gasteiger partial charge in [0.05, 0.1) is 18.1 Å². The highest BCUT2D eigenvalue weighted by molar-refractivity contribution is 8.18. The molecule has 0 atom stereocenters. The second kappa shape index (κ2) is 9.85. The molecule has 0 radical (unpaired) electrons. The topological polar surface area (TPSA) is 55.8 Å². The van der Waals surface area contributed by atoms with Crippen LogP contribution in [0.3, 0.4) is 0 Å². The van der Waals surface area contributed by atoms with Crippen molar-refractivity contribution in [2.75, 3.05) is 19.8 Å². The Balaban J connectivity index is 1.56. The molecule has 1 aliphatic heterocycles. The summed E-state index contributed by atoms with van der Waals surface area (Å²) in [6, 6.07) is 14.4. The quantitative estimate of drug-likeness (QED) is 0.517. The molecule has 1 heterocycles. The highest BCUT2D eigenvalue weighted by Gasteiger charge is 2.34. The second-order valence-electron chi connectivity index (χ2n) is 6.91. The lowest BCUT2D eigenvalue weighted by molar-refractivity contribution is -0.123. The van der Waals surface area contributed by atoms with Crippen molar-refractivity contribution in [2.45, 2.75) is 13.8 Å². The van der Waals surface area contributed by atoms with Gasteiger partial charge in [-0.05, 0) is 65.7 Å². The zero-order valence-electron chi connectivity index (χ0n) is 16.3. The summed E-state index contributed by atoms with van der Waals surface area (Å²) in [6.45, 7) is 5.23. The molecule has 1 saturated heterocycles. The van der Waals surface area contributed by atoms with Crippen molar-refractivity contribution in [3.8, 4) is 11.5 Å². The van der Waals surface area contributed by atoms with Gasteiger partial charge in [-0.15, -0.1) is 0 Å². The van der Waals surface area contributed by atoms with Crippen LogP contribution in [0.1, 0.15) is 19.4 Å².